The van der Waals surface area contributed by atoms with Crippen LogP contribution < -0.4 is 16.4 Å². The number of carbonyl (C=O) groups excluding carboxylic acids is 2. The second-order valence-electron chi connectivity index (χ2n) is 10.9. The maximum Gasteiger partial charge on any atom is 0.261 e. The van der Waals surface area contributed by atoms with Gasteiger partial charge in [0, 0.05) is 65.4 Å². The highest BCUT2D eigenvalue weighted by Crippen LogP contribution is 2.58. The summed E-state index contributed by atoms with van der Waals surface area (Å²) >= 11 is 0. The van der Waals surface area contributed by atoms with Crippen LogP contribution in [0.25, 0.3) is 0 Å². The van der Waals surface area contributed by atoms with Crippen molar-refractivity contribution in [3.05, 3.63) is 65.5 Å². The van der Waals surface area contributed by atoms with E-state index in [0.717, 1.165) is 0 Å². The third kappa shape index (κ3) is 4.96. The molecule has 12 heteroatoms. The molecule has 5 rings (SSSR count). The number of benzene rings is 2. The van der Waals surface area contributed by atoms with Gasteiger partial charge in [0.15, 0.2) is 13.9 Å². The number of aliphatic hydroxyl groups excluding tert-OH is 1. The Balaban J connectivity index is 1.43. The van der Waals surface area contributed by atoms with E-state index in [1.165, 1.54) is 0 Å². The largest absolute Gasteiger partial charge is 0.432 e. The van der Waals surface area contributed by atoms with Gasteiger partial charge in [-0.1, -0.05) is 12.1 Å². The summed E-state index contributed by atoms with van der Waals surface area (Å²) in [6, 6.07) is 11.9. The van der Waals surface area contributed by atoms with Crippen molar-refractivity contribution in [2.24, 2.45) is 5.92 Å². The number of fused-ring (bicyclic) bond motifs is 2. The Morgan fingerprint density at radius 1 is 1.26 bits per heavy atom. The SMILES string of the molecule is C[C@@H]1[C@@H]([Si](C)(C)O)[C@H](CCn2cc(CCO)nn2)O[C@@]12C(=O)Nc1ccc(NC(=O)c3ccc(N)cc3)cc12. The van der Waals surface area contributed by atoms with Crippen LogP contribution >= 0.6 is 0 Å². The van der Waals surface area contributed by atoms with Gasteiger partial charge in [-0.2, -0.15) is 0 Å². The molecule has 2 aromatic carbocycles. The van der Waals surface area contributed by atoms with Gasteiger partial charge in [-0.3, -0.25) is 14.3 Å². The number of aryl methyl sites for hydroxylation is 1. The summed E-state index contributed by atoms with van der Waals surface area (Å²) in [5.41, 5.74) is 7.72. The van der Waals surface area contributed by atoms with Crippen LogP contribution in [-0.2, 0) is 28.1 Å². The fourth-order valence-electron chi connectivity index (χ4n) is 6.02. The van der Waals surface area contributed by atoms with E-state index in [9.17, 15) is 14.4 Å². The number of amides is 2. The molecule has 4 atom stereocenters. The fraction of sp³-hybridized carbons (Fsp3) is 0.407. The van der Waals surface area contributed by atoms with E-state index >= 15 is 0 Å². The molecule has 0 aliphatic carbocycles. The van der Waals surface area contributed by atoms with Crippen LogP contribution in [0.4, 0.5) is 17.1 Å². The van der Waals surface area contributed by atoms with Crippen molar-refractivity contribution in [1.29, 1.82) is 0 Å². The van der Waals surface area contributed by atoms with Gasteiger partial charge in [0.25, 0.3) is 11.8 Å². The van der Waals surface area contributed by atoms with Crippen LogP contribution in [0, 0.1) is 5.92 Å². The first-order chi connectivity index (χ1) is 18.5. The summed E-state index contributed by atoms with van der Waals surface area (Å²) < 4.78 is 8.36. The van der Waals surface area contributed by atoms with Crippen LogP contribution in [0.2, 0.25) is 18.6 Å². The summed E-state index contributed by atoms with van der Waals surface area (Å²) in [7, 11) is -2.79. The third-order valence-corrected chi connectivity index (χ3v) is 10.3. The number of rotatable bonds is 8. The molecular weight excluding hydrogens is 516 g/mol. The Labute approximate surface area is 227 Å². The number of anilines is 3. The van der Waals surface area contributed by atoms with E-state index < -0.39 is 20.0 Å². The summed E-state index contributed by atoms with van der Waals surface area (Å²) in [6.07, 6.45) is 2.33. The molecule has 0 bridgehead atoms. The van der Waals surface area contributed by atoms with E-state index in [4.69, 9.17) is 15.6 Å². The lowest BCUT2D eigenvalue weighted by molar-refractivity contribution is -0.143. The molecule has 1 saturated heterocycles. The zero-order valence-electron chi connectivity index (χ0n) is 22.2. The van der Waals surface area contributed by atoms with Crippen LogP contribution in [0.1, 0.15) is 35.0 Å². The van der Waals surface area contributed by atoms with Gasteiger partial charge in [-0.05, 0) is 62.0 Å². The maximum atomic E-state index is 13.6. The van der Waals surface area contributed by atoms with Crippen molar-refractivity contribution in [3.63, 3.8) is 0 Å². The third-order valence-electron chi connectivity index (χ3n) is 7.77. The van der Waals surface area contributed by atoms with Crippen molar-refractivity contribution >= 4 is 37.2 Å². The van der Waals surface area contributed by atoms with E-state index in [2.05, 4.69) is 20.9 Å². The lowest BCUT2D eigenvalue weighted by atomic mass is 9.82. The smallest absolute Gasteiger partial charge is 0.261 e. The highest BCUT2D eigenvalue weighted by molar-refractivity contribution is 6.71. The first kappa shape index (κ1) is 27.0. The molecule has 0 radical (unpaired) electrons. The molecule has 11 nitrogen and oxygen atoms in total. The lowest BCUT2D eigenvalue weighted by Crippen LogP contribution is -2.43. The minimum absolute atomic E-state index is 0.00617. The van der Waals surface area contributed by atoms with Crippen molar-refractivity contribution in [2.75, 3.05) is 23.0 Å². The van der Waals surface area contributed by atoms with Crippen LogP contribution in [0.15, 0.2) is 48.7 Å². The predicted octanol–water partition coefficient (Wildman–Crippen LogP) is 2.49. The Morgan fingerprint density at radius 3 is 2.69 bits per heavy atom. The molecule has 1 aromatic heterocycles. The van der Waals surface area contributed by atoms with E-state index in [1.807, 2.05) is 20.0 Å². The summed E-state index contributed by atoms with van der Waals surface area (Å²) in [4.78, 5) is 37.7. The van der Waals surface area contributed by atoms with Gasteiger partial charge >= 0.3 is 0 Å². The quantitative estimate of drug-likeness (QED) is 0.211. The Bertz CT molecular complexity index is 1390. The molecule has 1 spiro atoms. The summed E-state index contributed by atoms with van der Waals surface area (Å²) in [6.45, 7) is 6.18. The minimum Gasteiger partial charge on any atom is -0.432 e. The van der Waals surface area contributed by atoms with Crippen molar-refractivity contribution in [3.8, 4) is 0 Å². The lowest BCUT2D eigenvalue weighted by Gasteiger charge is -2.32. The molecule has 206 valence electrons. The Morgan fingerprint density at radius 2 is 2.00 bits per heavy atom. The second-order valence-corrected chi connectivity index (χ2v) is 14.9. The molecule has 39 heavy (non-hydrogen) atoms. The van der Waals surface area contributed by atoms with Crippen molar-refractivity contribution < 1.29 is 24.2 Å². The van der Waals surface area contributed by atoms with Gasteiger partial charge in [0.1, 0.15) is 0 Å². The van der Waals surface area contributed by atoms with Crippen molar-refractivity contribution in [1.82, 2.24) is 15.0 Å². The number of aromatic nitrogens is 3. The molecule has 2 aliphatic heterocycles. The summed E-state index contributed by atoms with van der Waals surface area (Å²) in [5, 5.41) is 23.2. The highest BCUT2D eigenvalue weighted by Gasteiger charge is 2.64. The molecule has 6 N–H and O–H groups in total. The van der Waals surface area contributed by atoms with Crippen LogP contribution in [0.5, 0.6) is 0 Å². The molecule has 2 amide bonds. The number of aliphatic hydroxyl groups is 1. The zero-order chi connectivity index (χ0) is 27.9. The number of hydrogen-bond donors (Lipinski definition) is 5. The minimum atomic E-state index is -2.79. The first-order valence-electron chi connectivity index (χ1n) is 13.1. The zero-order valence-corrected chi connectivity index (χ0v) is 23.2. The predicted molar refractivity (Wildman–Crippen MR) is 148 cm³/mol. The number of nitrogens with two attached hydrogens (primary N) is 1. The Kier molecular flexibility index (Phi) is 7.05. The normalized spacial score (nSPS) is 24.1. The summed E-state index contributed by atoms with van der Waals surface area (Å²) in [5.74, 6) is -0.891. The topological polar surface area (TPSA) is 165 Å². The monoisotopic (exact) mass is 550 g/mol. The molecule has 0 unspecified atom stereocenters. The van der Waals surface area contributed by atoms with Crippen LogP contribution in [-0.4, -0.2) is 57.7 Å². The van der Waals surface area contributed by atoms with Gasteiger partial charge in [-0.15, -0.1) is 5.10 Å². The number of ether oxygens (including phenoxy) is 1. The average molecular weight is 551 g/mol. The van der Waals surface area contributed by atoms with Crippen LogP contribution in [0.3, 0.4) is 0 Å². The average Bonchev–Trinajstić information content (AvgIpc) is 3.53. The molecule has 1 fully saturated rings. The van der Waals surface area contributed by atoms with E-state index in [0.29, 0.717) is 53.3 Å². The Hall–Kier alpha value is -3.58. The van der Waals surface area contributed by atoms with Gasteiger partial charge in [0.2, 0.25) is 0 Å². The standard InChI is InChI=1S/C27H34N6O5Si/c1-16-24(39(2,3)37)23(10-12-33-15-20(11-13-34)31-32-33)38-27(16)21-14-19(8-9-22(21)30-26(27)36)29-25(35)17-4-6-18(28)7-5-17/h4-9,14-16,23-24,34,37H,10-13,28H2,1-3H3,(H,29,35)(H,30,36)/t16-,23+,24-,27+/m1/s1. The number of nitrogens with one attached hydrogen (secondary N) is 2. The highest BCUT2D eigenvalue weighted by atomic mass is 28.4. The van der Waals surface area contributed by atoms with E-state index in [-0.39, 0.29) is 29.9 Å². The first-order valence-corrected chi connectivity index (χ1v) is 16.1. The number of nitrogens with zero attached hydrogens (tertiary/aromatic N) is 3. The second kappa shape index (κ2) is 10.2. The molecule has 3 heterocycles. The molecular formula is C27H34N6O5Si. The van der Waals surface area contributed by atoms with Gasteiger partial charge in [-0.25, -0.2) is 0 Å². The number of hydrogen-bond acceptors (Lipinski definition) is 8. The molecule has 3 aromatic rings. The molecule has 0 saturated carbocycles. The number of carbonyl (C=O) groups is 2. The van der Waals surface area contributed by atoms with E-state index in [1.54, 1.807) is 53.3 Å². The molecule has 2 aliphatic rings. The number of nitrogen functional groups attached to an aromatic ring is 1. The van der Waals surface area contributed by atoms with Gasteiger partial charge < -0.3 is 31.0 Å². The van der Waals surface area contributed by atoms with Crippen molar-refractivity contribution in [2.45, 2.75) is 56.7 Å². The van der Waals surface area contributed by atoms with Gasteiger partial charge in [0.05, 0.1) is 11.8 Å². The maximum absolute atomic E-state index is 13.6. The fourth-order valence-corrected chi connectivity index (χ4v) is 8.62.